The molecule has 0 radical (unpaired) electrons. The highest BCUT2D eigenvalue weighted by atomic mass is 32.3. The first kappa shape index (κ1) is 20.7. The summed E-state index contributed by atoms with van der Waals surface area (Å²) in [4.78, 5) is 14.4. The Kier molecular flexibility index (Phi) is 5.45. The number of nitrogens with zero attached hydrogens (tertiary/aromatic N) is 4. The highest BCUT2D eigenvalue weighted by Crippen LogP contribution is 2.64. The average Bonchev–Trinajstić information content (AvgIpc) is 2.93. The van der Waals surface area contributed by atoms with Gasteiger partial charge >= 0.3 is 6.09 Å². The predicted molar refractivity (Wildman–Crippen MR) is 111 cm³/mol. The van der Waals surface area contributed by atoms with Gasteiger partial charge < -0.3 is 10.0 Å². The third-order valence-electron chi connectivity index (χ3n) is 5.30. The Labute approximate surface area is 174 Å². The molecule has 2 heterocycles. The van der Waals surface area contributed by atoms with Crippen LogP contribution < -0.4 is 8.61 Å². The molecule has 0 aliphatic carbocycles. The topological polar surface area (TPSA) is 90.7 Å². The van der Waals surface area contributed by atoms with Crippen molar-refractivity contribution in [1.82, 2.24) is 9.80 Å². The van der Waals surface area contributed by atoms with Crippen molar-refractivity contribution in [1.29, 1.82) is 0 Å². The molecule has 1 amide bonds. The first-order valence-electron chi connectivity index (χ1n) is 9.39. The molecule has 2 aliphatic heterocycles. The van der Waals surface area contributed by atoms with Gasteiger partial charge in [0, 0.05) is 38.8 Å². The van der Waals surface area contributed by atoms with E-state index < -0.39 is 28.7 Å². The van der Waals surface area contributed by atoms with Crippen molar-refractivity contribution in [2.45, 2.75) is 0 Å². The van der Waals surface area contributed by atoms with Crippen LogP contribution in [-0.2, 0) is 0 Å². The molecule has 8 nitrogen and oxygen atoms in total. The zero-order valence-electron chi connectivity index (χ0n) is 16.0. The maximum atomic E-state index is 14.5. The Morgan fingerprint density at radius 3 is 2.23 bits per heavy atom. The number of hydrogen-bond donors (Lipinski definition) is 3. The first-order chi connectivity index (χ1) is 14.3. The van der Waals surface area contributed by atoms with E-state index in [1.807, 2.05) is 4.90 Å². The van der Waals surface area contributed by atoms with Gasteiger partial charge in [0.2, 0.25) is 0 Å². The maximum Gasteiger partial charge on any atom is 0.407 e. The summed E-state index contributed by atoms with van der Waals surface area (Å²) in [6, 6.07) is 9.78. The molecule has 11 heteroatoms. The number of anilines is 3. The van der Waals surface area contributed by atoms with Crippen molar-refractivity contribution in [3.05, 3.63) is 54.1 Å². The molecular formula is C19H22F2N4O4S. The molecule has 0 saturated carbocycles. The quantitative estimate of drug-likeness (QED) is 0.666. The molecule has 1 fully saturated rings. The van der Waals surface area contributed by atoms with E-state index >= 15 is 0 Å². The third-order valence-corrected chi connectivity index (χ3v) is 7.15. The number of benzene rings is 2. The van der Waals surface area contributed by atoms with Crippen LogP contribution >= 0.6 is 11.0 Å². The van der Waals surface area contributed by atoms with E-state index in [9.17, 15) is 22.7 Å². The van der Waals surface area contributed by atoms with Gasteiger partial charge in [-0.05, 0) is 35.2 Å². The van der Waals surface area contributed by atoms with Crippen molar-refractivity contribution in [2.24, 2.45) is 0 Å². The summed E-state index contributed by atoms with van der Waals surface area (Å²) in [5.41, 5.74) is 0.825. The summed E-state index contributed by atoms with van der Waals surface area (Å²) in [5.74, 6) is -1.64. The number of rotatable bonds is 4. The lowest BCUT2D eigenvalue weighted by atomic mass is 10.2. The van der Waals surface area contributed by atoms with Gasteiger partial charge in [-0.2, -0.15) is 0 Å². The Bertz CT molecular complexity index is 956. The van der Waals surface area contributed by atoms with Crippen molar-refractivity contribution < 1.29 is 27.8 Å². The largest absolute Gasteiger partial charge is 0.465 e. The second-order valence-electron chi connectivity index (χ2n) is 7.08. The van der Waals surface area contributed by atoms with Gasteiger partial charge in [0.25, 0.3) is 0 Å². The fourth-order valence-electron chi connectivity index (χ4n) is 3.75. The van der Waals surface area contributed by atoms with E-state index in [1.54, 1.807) is 24.3 Å². The molecule has 2 aromatic rings. The first-order valence-corrected chi connectivity index (χ1v) is 10.9. The number of carbonyl (C=O) groups is 1. The highest BCUT2D eigenvalue weighted by Gasteiger charge is 2.42. The van der Waals surface area contributed by atoms with E-state index in [-0.39, 0.29) is 12.2 Å². The molecule has 0 aromatic heterocycles. The zero-order chi connectivity index (χ0) is 21.5. The second kappa shape index (κ2) is 7.91. The molecule has 162 valence electrons. The molecular weight excluding hydrogens is 418 g/mol. The maximum absolute atomic E-state index is 14.5. The van der Waals surface area contributed by atoms with Crippen molar-refractivity contribution >= 4 is 34.1 Å². The van der Waals surface area contributed by atoms with Gasteiger partial charge in [0.05, 0.1) is 17.9 Å². The molecule has 0 bridgehead atoms. The lowest BCUT2D eigenvalue weighted by Gasteiger charge is -2.44. The van der Waals surface area contributed by atoms with E-state index in [1.165, 1.54) is 15.3 Å². The monoisotopic (exact) mass is 440 g/mol. The SMILES string of the molecule is O=C(O)N1CCN(CCN2c3ccccc3N(c3ccc(F)cc3F)S2(O)O)CC1. The van der Waals surface area contributed by atoms with Crippen LogP contribution in [0.15, 0.2) is 42.5 Å². The normalized spacial score (nSPS) is 19.7. The number of amides is 1. The molecule has 30 heavy (non-hydrogen) atoms. The lowest BCUT2D eigenvalue weighted by Crippen LogP contribution is -2.50. The Balaban J connectivity index is 1.56. The van der Waals surface area contributed by atoms with Crippen molar-refractivity contribution in [2.75, 3.05) is 47.9 Å². The molecule has 0 spiro atoms. The fraction of sp³-hybridized carbons (Fsp3) is 0.316. The van der Waals surface area contributed by atoms with Crippen LogP contribution in [0.5, 0.6) is 0 Å². The average molecular weight is 440 g/mol. The molecule has 2 aliphatic rings. The van der Waals surface area contributed by atoms with Crippen LogP contribution in [0.25, 0.3) is 0 Å². The Morgan fingerprint density at radius 2 is 1.60 bits per heavy atom. The van der Waals surface area contributed by atoms with Gasteiger partial charge in [-0.1, -0.05) is 12.1 Å². The number of carboxylic acid groups (broad SMARTS) is 1. The molecule has 0 unspecified atom stereocenters. The van der Waals surface area contributed by atoms with E-state index in [0.717, 1.165) is 10.4 Å². The van der Waals surface area contributed by atoms with E-state index in [4.69, 9.17) is 5.11 Å². The Hall–Kier alpha value is -2.60. The predicted octanol–water partition coefficient (Wildman–Crippen LogP) is 3.80. The van der Waals surface area contributed by atoms with Gasteiger partial charge in [-0.15, -0.1) is 0 Å². The number of para-hydroxylation sites is 2. The zero-order valence-corrected chi connectivity index (χ0v) is 16.8. The van der Waals surface area contributed by atoms with Crippen molar-refractivity contribution in [3.8, 4) is 0 Å². The number of piperazine rings is 1. The molecule has 2 aromatic carbocycles. The smallest absolute Gasteiger partial charge is 0.407 e. The van der Waals surface area contributed by atoms with Gasteiger partial charge in [-0.3, -0.25) is 18.3 Å². The van der Waals surface area contributed by atoms with E-state index in [2.05, 4.69) is 0 Å². The molecule has 3 N–H and O–H groups in total. The van der Waals surface area contributed by atoms with Crippen LogP contribution in [0.2, 0.25) is 0 Å². The fourth-order valence-corrected chi connectivity index (χ4v) is 5.53. The summed E-state index contributed by atoms with van der Waals surface area (Å²) in [5, 5.41) is 9.06. The van der Waals surface area contributed by atoms with Crippen LogP contribution in [0.3, 0.4) is 0 Å². The van der Waals surface area contributed by atoms with Gasteiger partial charge in [0.15, 0.2) is 5.82 Å². The number of fused-ring (bicyclic) bond motifs is 1. The minimum Gasteiger partial charge on any atom is -0.465 e. The Morgan fingerprint density at radius 1 is 0.933 bits per heavy atom. The molecule has 1 saturated heterocycles. The third kappa shape index (κ3) is 3.65. The van der Waals surface area contributed by atoms with Crippen LogP contribution in [-0.4, -0.2) is 69.4 Å². The highest BCUT2D eigenvalue weighted by molar-refractivity contribution is 8.27. The van der Waals surface area contributed by atoms with E-state index in [0.29, 0.717) is 50.2 Å². The van der Waals surface area contributed by atoms with Crippen LogP contribution in [0.4, 0.5) is 30.6 Å². The second-order valence-corrected chi connectivity index (χ2v) is 8.87. The summed E-state index contributed by atoms with van der Waals surface area (Å²) in [6.07, 6.45) is -0.950. The summed E-state index contributed by atoms with van der Waals surface area (Å²) < 4.78 is 52.5. The number of hydrogen-bond acceptors (Lipinski definition) is 6. The van der Waals surface area contributed by atoms with Gasteiger partial charge in [-0.25, -0.2) is 17.9 Å². The number of halogens is 2. The molecule has 0 atom stereocenters. The minimum atomic E-state index is -3.63. The van der Waals surface area contributed by atoms with Crippen LogP contribution in [0, 0.1) is 11.6 Å². The van der Waals surface area contributed by atoms with Crippen molar-refractivity contribution in [3.63, 3.8) is 0 Å². The minimum absolute atomic E-state index is 0.124. The lowest BCUT2D eigenvalue weighted by molar-refractivity contribution is 0.107. The van der Waals surface area contributed by atoms with Crippen LogP contribution in [0.1, 0.15) is 0 Å². The van der Waals surface area contributed by atoms with Gasteiger partial charge in [0.1, 0.15) is 11.5 Å². The molecule has 4 rings (SSSR count). The summed E-state index contributed by atoms with van der Waals surface area (Å²) in [7, 11) is -3.63. The summed E-state index contributed by atoms with van der Waals surface area (Å²) >= 11 is 0. The standard InChI is InChI=1S/C19H22F2N4O4S/c20-14-5-6-16(15(21)13-14)25-18-4-2-1-3-17(18)24(30(25,28)29)12-9-22-7-10-23(11-8-22)19(26)27/h1-6,13,28-29H,7-12H2,(H,26,27). The summed E-state index contributed by atoms with van der Waals surface area (Å²) in [6.45, 7) is 2.56.